The minimum absolute atomic E-state index is 0.328. The Labute approximate surface area is 126 Å². The van der Waals surface area contributed by atoms with E-state index in [0.717, 1.165) is 24.5 Å². The second-order valence-electron chi connectivity index (χ2n) is 5.05. The maximum atomic E-state index is 5.18. The second-order valence-corrected chi connectivity index (χ2v) is 5.05. The molecule has 0 radical (unpaired) electrons. The van der Waals surface area contributed by atoms with Gasteiger partial charge in [-0.2, -0.15) is 0 Å². The Morgan fingerprint density at radius 2 is 1.38 bits per heavy atom. The molecule has 0 aliphatic heterocycles. The van der Waals surface area contributed by atoms with E-state index in [0.29, 0.717) is 6.04 Å². The van der Waals surface area contributed by atoms with Crippen molar-refractivity contribution in [2.24, 2.45) is 0 Å². The molecule has 0 aliphatic rings. The Morgan fingerprint density at radius 1 is 0.857 bits per heavy atom. The molecule has 0 amide bonds. The average Bonchev–Trinajstić information content (AvgIpc) is 2.55. The summed E-state index contributed by atoms with van der Waals surface area (Å²) in [6.07, 6.45) is 1.00. The molecule has 0 fully saturated rings. The van der Waals surface area contributed by atoms with Crippen molar-refractivity contribution < 1.29 is 9.47 Å². The average molecular weight is 285 g/mol. The van der Waals surface area contributed by atoms with Gasteiger partial charge in [-0.1, -0.05) is 24.3 Å². The van der Waals surface area contributed by atoms with Crippen LogP contribution < -0.4 is 14.8 Å². The maximum Gasteiger partial charge on any atom is 0.118 e. The van der Waals surface area contributed by atoms with Gasteiger partial charge in [0.25, 0.3) is 0 Å². The number of benzene rings is 2. The lowest BCUT2D eigenvalue weighted by molar-refractivity contribution is 0.414. The molecule has 1 atom stereocenters. The van der Waals surface area contributed by atoms with Gasteiger partial charge in [-0.3, -0.25) is 0 Å². The van der Waals surface area contributed by atoms with Crippen LogP contribution >= 0.6 is 0 Å². The van der Waals surface area contributed by atoms with E-state index in [4.69, 9.17) is 9.47 Å². The predicted molar refractivity (Wildman–Crippen MR) is 86.1 cm³/mol. The van der Waals surface area contributed by atoms with E-state index in [1.54, 1.807) is 14.2 Å². The van der Waals surface area contributed by atoms with Crippen molar-refractivity contribution in [3.8, 4) is 11.5 Å². The predicted octanol–water partition coefficient (Wildman–Crippen LogP) is 3.60. The van der Waals surface area contributed by atoms with Crippen LogP contribution in [0.25, 0.3) is 0 Å². The largest absolute Gasteiger partial charge is 0.497 e. The molecule has 0 saturated carbocycles. The van der Waals surface area contributed by atoms with Crippen molar-refractivity contribution in [3.63, 3.8) is 0 Å². The summed E-state index contributed by atoms with van der Waals surface area (Å²) in [7, 11) is 3.37. The smallest absolute Gasteiger partial charge is 0.118 e. The molecular weight excluding hydrogens is 262 g/mol. The third-order valence-electron chi connectivity index (χ3n) is 3.64. The molecule has 0 spiro atoms. The number of methoxy groups -OCH3 is 2. The van der Waals surface area contributed by atoms with Gasteiger partial charge in [0.2, 0.25) is 0 Å². The van der Waals surface area contributed by atoms with E-state index in [9.17, 15) is 0 Å². The van der Waals surface area contributed by atoms with Crippen molar-refractivity contribution in [3.05, 3.63) is 59.7 Å². The van der Waals surface area contributed by atoms with E-state index in [1.165, 1.54) is 11.1 Å². The first-order valence-corrected chi connectivity index (χ1v) is 7.23. The number of hydrogen-bond donors (Lipinski definition) is 1. The lowest BCUT2D eigenvalue weighted by Gasteiger charge is -2.14. The molecule has 0 bridgehead atoms. The van der Waals surface area contributed by atoms with Crippen LogP contribution in [-0.4, -0.2) is 20.8 Å². The van der Waals surface area contributed by atoms with Gasteiger partial charge in [-0.05, 0) is 55.3 Å². The highest BCUT2D eigenvalue weighted by atomic mass is 16.5. The van der Waals surface area contributed by atoms with Crippen LogP contribution in [0.1, 0.15) is 24.1 Å². The van der Waals surface area contributed by atoms with E-state index in [1.807, 2.05) is 24.3 Å². The molecule has 2 aromatic rings. The fraction of sp³-hybridized carbons (Fsp3) is 0.333. The molecule has 2 aromatic carbocycles. The number of rotatable bonds is 7. The quantitative estimate of drug-likeness (QED) is 0.843. The highest BCUT2D eigenvalue weighted by Gasteiger charge is 2.04. The van der Waals surface area contributed by atoms with Crippen LogP contribution in [0, 0.1) is 0 Å². The zero-order valence-electron chi connectivity index (χ0n) is 12.9. The molecule has 1 N–H and O–H groups in total. The molecule has 0 saturated heterocycles. The first-order valence-electron chi connectivity index (χ1n) is 7.23. The summed E-state index contributed by atoms with van der Waals surface area (Å²) in [5.41, 5.74) is 2.58. The summed E-state index contributed by atoms with van der Waals surface area (Å²) >= 11 is 0. The summed E-state index contributed by atoms with van der Waals surface area (Å²) in [5, 5.41) is 3.54. The SMILES string of the molecule is COc1ccc(CCNC(C)c2ccc(OC)cc2)cc1. The van der Waals surface area contributed by atoms with E-state index in [2.05, 4.69) is 36.5 Å². The molecule has 0 aromatic heterocycles. The molecule has 3 nitrogen and oxygen atoms in total. The molecule has 21 heavy (non-hydrogen) atoms. The molecule has 1 unspecified atom stereocenters. The molecule has 0 aliphatic carbocycles. The Kier molecular flexibility index (Phi) is 5.64. The van der Waals surface area contributed by atoms with Crippen LogP contribution in [0.4, 0.5) is 0 Å². The van der Waals surface area contributed by atoms with Crippen molar-refractivity contribution in [2.45, 2.75) is 19.4 Å². The van der Waals surface area contributed by atoms with Crippen LogP contribution in [-0.2, 0) is 6.42 Å². The van der Waals surface area contributed by atoms with Crippen molar-refractivity contribution in [1.29, 1.82) is 0 Å². The topological polar surface area (TPSA) is 30.5 Å². The number of ether oxygens (including phenoxy) is 2. The fourth-order valence-corrected chi connectivity index (χ4v) is 2.24. The van der Waals surface area contributed by atoms with Crippen LogP contribution in [0.3, 0.4) is 0 Å². The highest BCUT2D eigenvalue weighted by Crippen LogP contribution is 2.17. The zero-order valence-corrected chi connectivity index (χ0v) is 12.9. The van der Waals surface area contributed by atoms with Gasteiger partial charge in [0.05, 0.1) is 14.2 Å². The van der Waals surface area contributed by atoms with Crippen LogP contribution in [0.5, 0.6) is 11.5 Å². The minimum atomic E-state index is 0.328. The summed E-state index contributed by atoms with van der Waals surface area (Å²) in [4.78, 5) is 0. The van der Waals surface area contributed by atoms with Crippen molar-refractivity contribution >= 4 is 0 Å². The summed E-state index contributed by atoms with van der Waals surface area (Å²) in [5.74, 6) is 1.79. The fourth-order valence-electron chi connectivity index (χ4n) is 2.24. The van der Waals surface area contributed by atoms with Gasteiger partial charge in [-0.15, -0.1) is 0 Å². The molecule has 0 heterocycles. The van der Waals surface area contributed by atoms with Crippen LogP contribution in [0.2, 0.25) is 0 Å². The van der Waals surface area contributed by atoms with Gasteiger partial charge in [0, 0.05) is 6.04 Å². The molecule has 112 valence electrons. The normalized spacial score (nSPS) is 12.0. The van der Waals surface area contributed by atoms with Gasteiger partial charge < -0.3 is 14.8 Å². The summed E-state index contributed by atoms with van der Waals surface area (Å²) in [6, 6.07) is 16.7. The van der Waals surface area contributed by atoms with Gasteiger partial charge >= 0.3 is 0 Å². The van der Waals surface area contributed by atoms with Gasteiger partial charge in [0.1, 0.15) is 11.5 Å². The standard InChI is InChI=1S/C18H23NO2/c1-14(16-6-10-18(21-3)11-7-16)19-13-12-15-4-8-17(20-2)9-5-15/h4-11,14,19H,12-13H2,1-3H3. The third-order valence-corrected chi connectivity index (χ3v) is 3.64. The number of nitrogens with one attached hydrogen (secondary N) is 1. The molecular formula is C18H23NO2. The summed E-state index contributed by atoms with van der Waals surface area (Å²) in [6.45, 7) is 3.12. The lowest BCUT2D eigenvalue weighted by atomic mass is 10.1. The molecule has 2 rings (SSSR count). The summed E-state index contributed by atoms with van der Waals surface area (Å²) < 4.78 is 10.3. The second kappa shape index (κ2) is 7.70. The van der Waals surface area contributed by atoms with Crippen LogP contribution in [0.15, 0.2) is 48.5 Å². The Balaban J connectivity index is 1.81. The zero-order chi connectivity index (χ0) is 15.1. The van der Waals surface area contributed by atoms with Crippen molar-refractivity contribution in [1.82, 2.24) is 5.32 Å². The van der Waals surface area contributed by atoms with E-state index in [-0.39, 0.29) is 0 Å². The first kappa shape index (κ1) is 15.4. The monoisotopic (exact) mass is 285 g/mol. The Morgan fingerprint density at radius 3 is 1.90 bits per heavy atom. The third kappa shape index (κ3) is 4.50. The Hall–Kier alpha value is -2.00. The van der Waals surface area contributed by atoms with E-state index >= 15 is 0 Å². The minimum Gasteiger partial charge on any atom is -0.497 e. The molecule has 3 heteroatoms. The Bertz CT molecular complexity index is 534. The van der Waals surface area contributed by atoms with Gasteiger partial charge in [0.15, 0.2) is 0 Å². The van der Waals surface area contributed by atoms with E-state index < -0.39 is 0 Å². The lowest BCUT2D eigenvalue weighted by Crippen LogP contribution is -2.21. The highest BCUT2D eigenvalue weighted by molar-refractivity contribution is 5.29. The number of hydrogen-bond acceptors (Lipinski definition) is 3. The van der Waals surface area contributed by atoms with Gasteiger partial charge in [-0.25, -0.2) is 0 Å². The maximum absolute atomic E-state index is 5.18. The first-order chi connectivity index (χ1) is 10.2. The van der Waals surface area contributed by atoms with Crippen molar-refractivity contribution in [2.75, 3.05) is 20.8 Å².